The molecule has 2 saturated heterocycles. The van der Waals surface area contributed by atoms with Gasteiger partial charge in [0.2, 0.25) is 0 Å². The van der Waals surface area contributed by atoms with Crippen LogP contribution in [0.4, 0.5) is 5.82 Å². The second kappa shape index (κ2) is 8.27. The van der Waals surface area contributed by atoms with Gasteiger partial charge in [0, 0.05) is 44.5 Å². The number of amides is 1. The molecule has 4 rings (SSSR count). The smallest absolute Gasteiger partial charge is 0.253 e. The van der Waals surface area contributed by atoms with Crippen molar-refractivity contribution in [2.24, 2.45) is 0 Å². The first-order chi connectivity index (χ1) is 13.6. The van der Waals surface area contributed by atoms with Crippen LogP contribution in [0.2, 0.25) is 0 Å². The number of benzene rings is 1. The molecule has 1 aromatic carbocycles. The number of nitrogens with zero attached hydrogens (tertiary/aromatic N) is 4. The van der Waals surface area contributed by atoms with Crippen molar-refractivity contribution in [2.75, 3.05) is 44.2 Å². The predicted molar refractivity (Wildman–Crippen MR) is 111 cm³/mol. The molecule has 28 heavy (non-hydrogen) atoms. The van der Waals surface area contributed by atoms with Gasteiger partial charge in [0.15, 0.2) is 0 Å². The van der Waals surface area contributed by atoms with Crippen LogP contribution in [0.15, 0.2) is 30.5 Å². The van der Waals surface area contributed by atoms with Gasteiger partial charge in [-0.15, -0.1) is 0 Å². The largest absolute Gasteiger partial charge is 0.352 e. The Labute approximate surface area is 167 Å². The highest BCUT2D eigenvalue weighted by Gasteiger charge is 2.25. The Hall–Kier alpha value is -2.47. The van der Waals surface area contributed by atoms with Crippen LogP contribution in [0, 0.1) is 13.8 Å². The third-order valence-electron chi connectivity index (χ3n) is 5.82. The van der Waals surface area contributed by atoms with E-state index in [0.29, 0.717) is 19.0 Å². The number of anilines is 1. The maximum atomic E-state index is 13.1. The van der Waals surface area contributed by atoms with E-state index in [4.69, 9.17) is 0 Å². The van der Waals surface area contributed by atoms with Gasteiger partial charge in [-0.2, -0.15) is 0 Å². The summed E-state index contributed by atoms with van der Waals surface area (Å²) in [4.78, 5) is 26.3. The van der Waals surface area contributed by atoms with Crippen molar-refractivity contribution in [3.05, 3.63) is 53.0 Å². The van der Waals surface area contributed by atoms with Crippen molar-refractivity contribution < 1.29 is 4.79 Å². The topological polar surface area (TPSA) is 61.4 Å². The van der Waals surface area contributed by atoms with Gasteiger partial charge in [0.25, 0.3) is 5.91 Å². The zero-order valence-electron chi connectivity index (χ0n) is 16.8. The second-order valence-corrected chi connectivity index (χ2v) is 7.87. The number of aryl methyl sites for hydroxylation is 2. The first-order valence-electron chi connectivity index (χ1n) is 10.3. The maximum absolute atomic E-state index is 13.1. The lowest BCUT2D eigenvalue weighted by molar-refractivity contribution is 0.0746. The SMILES string of the molecule is Cc1cnc(C)c(N2CCN(C(=O)c3cccc([C@@H]4CCCNC4)c3)CC2)n1. The molecule has 6 nitrogen and oxygen atoms in total. The Bertz CT molecular complexity index is 839. The average Bonchev–Trinajstić information content (AvgIpc) is 2.76. The zero-order valence-corrected chi connectivity index (χ0v) is 16.8. The van der Waals surface area contributed by atoms with Gasteiger partial charge in [-0.1, -0.05) is 12.1 Å². The molecule has 1 atom stereocenters. The van der Waals surface area contributed by atoms with Crippen LogP contribution in [0.5, 0.6) is 0 Å². The molecule has 0 spiro atoms. The summed E-state index contributed by atoms with van der Waals surface area (Å²) in [7, 11) is 0. The van der Waals surface area contributed by atoms with Crippen LogP contribution >= 0.6 is 0 Å². The fourth-order valence-electron chi connectivity index (χ4n) is 4.19. The highest BCUT2D eigenvalue weighted by molar-refractivity contribution is 5.94. The van der Waals surface area contributed by atoms with Crippen LogP contribution in [-0.2, 0) is 0 Å². The normalized spacial score (nSPS) is 20.3. The van der Waals surface area contributed by atoms with Crippen molar-refractivity contribution in [1.82, 2.24) is 20.2 Å². The summed E-state index contributed by atoms with van der Waals surface area (Å²) in [6.45, 7) is 9.06. The molecule has 0 unspecified atom stereocenters. The third kappa shape index (κ3) is 4.02. The van der Waals surface area contributed by atoms with Gasteiger partial charge < -0.3 is 15.1 Å². The van der Waals surface area contributed by atoms with Crippen LogP contribution in [0.1, 0.15) is 46.1 Å². The molecule has 1 amide bonds. The Morgan fingerprint density at radius 3 is 2.75 bits per heavy atom. The lowest BCUT2D eigenvalue weighted by atomic mass is 9.90. The van der Waals surface area contributed by atoms with E-state index in [-0.39, 0.29) is 5.91 Å². The Morgan fingerprint density at radius 1 is 1.18 bits per heavy atom. The van der Waals surface area contributed by atoms with Gasteiger partial charge in [-0.05, 0) is 56.8 Å². The van der Waals surface area contributed by atoms with Crippen molar-refractivity contribution in [2.45, 2.75) is 32.6 Å². The van der Waals surface area contributed by atoms with Crippen LogP contribution in [-0.4, -0.2) is 60.0 Å². The molecule has 2 fully saturated rings. The van der Waals surface area contributed by atoms with E-state index in [1.54, 1.807) is 6.20 Å². The molecule has 6 heteroatoms. The molecule has 0 saturated carbocycles. The maximum Gasteiger partial charge on any atom is 0.253 e. The summed E-state index contributed by atoms with van der Waals surface area (Å²) in [5, 5.41) is 3.46. The zero-order chi connectivity index (χ0) is 19.5. The van der Waals surface area contributed by atoms with Crippen molar-refractivity contribution in [3.63, 3.8) is 0 Å². The minimum atomic E-state index is 0.136. The minimum Gasteiger partial charge on any atom is -0.352 e. The number of hydrogen-bond acceptors (Lipinski definition) is 5. The summed E-state index contributed by atoms with van der Waals surface area (Å²) in [5.74, 6) is 1.59. The standard InChI is InChI=1S/C22H29N5O/c1-16-14-24-17(2)21(25-16)26-9-11-27(12-10-26)22(28)19-6-3-5-18(13-19)20-7-4-8-23-15-20/h3,5-6,13-14,20,23H,4,7-12,15H2,1-2H3/t20-/m1/s1. The first-order valence-corrected chi connectivity index (χ1v) is 10.3. The van der Waals surface area contributed by atoms with E-state index in [1.807, 2.05) is 30.9 Å². The lowest BCUT2D eigenvalue weighted by Gasteiger charge is -2.36. The number of aromatic nitrogens is 2. The molecule has 0 bridgehead atoms. The Morgan fingerprint density at radius 2 is 2.00 bits per heavy atom. The fourth-order valence-corrected chi connectivity index (χ4v) is 4.19. The molecule has 1 N–H and O–H groups in total. The molecule has 0 radical (unpaired) electrons. The number of nitrogens with one attached hydrogen (secondary N) is 1. The monoisotopic (exact) mass is 379 g/mol. The summed E-state index contributed by atoms with van der Waals surface area (Å²) in [6, 6.07) is 8.23. The molecule has 148 valence electrons. The van der Waals surface area contributed by atoms with Gasteiger partial charge in [0.05, 0.1) is 11.4 Å². The quantitative estimate of drug-likeness (QED) is 0.888. The summed E-state index contributed by atoms with van der Waals surface area (Å²) in [5.41, 5.74) is 3.96. The third-order valence-corrected chi connectivity index (χ3v) is 5.82. The second-order valence-electron chi connectivity index (χ2n) is 7.87. The molecular formula is C22H29N5O. The van der Waals surface area contributed by atoms with E-state index in [0.717, 1.165) is 48.9 Å². The molecule has 3 heterocycles. The van der Waals surface area contributed by atoms with Crippen LogP contribution < -0.4 is 10.2 Å². The summed E-state index contributed by atoms with van der Waals surface area (Å²) < 4.78 is 0. The van der Waals surface area contributed by atoms with Crippen molar-refractivity contribution in [1.29, 1.82) is 0 Å². The van der Waals surface area contributed by atoms with E-state index in [1.165, 1.54) is 18.4 Å². The van der Waals surface area contributed by atoms with E-state index in [2.05, 4.69) is 32.3 Å². The van der Waals surface area contributed by atoms with Crippen LogP contribution in [0.3, 0.4) is 0 Å². The van der Waals surface area contributed by atoms with E-state index >= 15 is 0 Å². The van der Waals surface area contributed by atoms with E-state index in [9.17, 15) is 4.79 Å². The Kier molecular flexibility index (Phi) is 5.57. The summed E-state index contributed by atoms with van der Waals surface area (Å²) >= 11 is 0. The van der Waals surface area contributed by atoms with Gasteiger partial charge >= 0.3 is 0 Å². The number of piperazine rings is 1. The van der Waals surface area contributed by atoms with Gasteiger partial charge in [-0.25, -0.2) is 4.98 Å². The van der Waals surface area contributed by atoms with Gasteiger partial charge in [-0.3, -0.25) is 9.78 Å². The molecule has 2 aromatic rings. The number of carbonyl (C=O) groups excluding carboxylic acids is 1. The molecule has 2 aliphatic heterocycles. The lowest BCUT2D eigenvalue weighted by Crippen LogP contribution is -2.49. The minimum absolute atomic E-state index is 0.136. The first kappa shape index (κ1) is 18.9. The summed E-state index contributed by atoms with van der Waals surface area (Å²) in [6.07, 6.45) is 4.19. The molecule has 1 aromatic heterocycles. The number of carbonyl (C=O) groups is 1. The molecule has 2 aliphatic rings. The van der Waals surface area contributed by atoms with Crippen molar-refractivity contribution in [3.8, 4) is 0 Å². The van der Waals surface area contributed by atoms with Gasteiger partial charge in [0.1, 0.15) is 5.82 Å². The average molecular weight is 380 g/mol. The van der Waals surface area contributed by atoms with Crippen LogP contribution in [0.25, 0.3) is 0 Å². The predicted octanol–water partition coefficient (Wildman–Crippen LogP) is 2.52. The van der Waals surface area contributed by atoms with E-state index < -0.39 is 0 Å². The number of hydrogen-bond donors (Lipinski definition) is 1. The van der Waals surface area contributed by atoms with Crippen molar-refractivity contribution >= 4 is 11.7 Å². The number of rotatable bonds is 3. The Balaban J connectivity index is 1.42. The molecular weight excluding hydrogens is 350 g/mol. The highest BCUT2D eigenvalue weighted by Crippen LogP contribution is 2.25. The highest BCUT2D eigenvalue weighted by atomic mass is 16.2. The molecule has 0 aliphatic carbocycles. The number of piperidine rings is 1. The fraction of sp³-hybridized carbons (Fsp3) is 0.500.